The summed E-state index contributed by atoms with van der Waals surface area (Å²) in [4.78, 5) is 23.9. The van der Waals surface area contributed by atoms with Crippen molar-refractivity contribution in [2.24, 2.45) is 0 Å². The van der Waals surface area contributed by atoms with Crippen molar-refractivity contribution in [2.75, 3.05) is 13.2 Å². The van der Waals surface area contributed by atoms with Gasteiger partial charge in [-0.1, -0.05) is 0 Å². The monoisotopic (exact) mass is 307 g/mol. The Morgan fingerprint density at radius 2 is 1.95 bits per heavy atom. The number of benzene rings is 1. The molecule has 0 atom stereocenters. The van der Waals surface area contributed by atoms with Gasteiger partial charge in [0.05, 0.1) is 11.7 Å². The zero-order valence-corrected chi connectivity index (χ0v) is 11.9. The molecule has 1 fully saturated rings. The first-order chi connectivity index (χ1) is 10.1. The van der Waals surface area contributed by atoms with E-state index < -0.39 is 17.4 Å². The van der Waals surface area contributed by atoms with Crippen LogP contribution in [0.1, 0.15) is 23.2 Å². The number of carbonyl (C=O) groups excluding carboxylic acids is 1. The van der Waals surface area contributed by atoms with Crippen LogP contribution in [0.4, 0.5) is 0 Å². The lowest BCUT2D eigenvalue weighted by molar-refractivity contribution is -0.148. The maximum Gasteiger partial charge on any atom is 0.329 e. The molecule has 110 valence electrons. The zero-order valence-electron chi connectivity index (χ0n) is 11.0. The first-order valence-corrected chi connectivity index (χ1v) is 7.20. The third kappa shape index (κ3) is 2.59. The van der Waals surface area contributed by atoms with Crippen LogP contribution in [0.25, 0.3) is 11.0 Å². The summed E-state index contributed by atoms with van der Waals surface area (Å²) in [5.41, 5.74) is 0.465. The fourth-order valence-electron chi connectivity index (χ4n) is 2.33. The Bertz CT molecular complexity index is 694. The second kappa shape index (κ2) is 5.38. The van der Waals surface area contributed by atoms with Gasteiger partial charge < -0.3 is 15.2 Å². The number of hydrogen-bond acceptors (Lipinski definition) is 6. The topological polar surface area (TPSA) is 101 Å². The normalized spacial score (nSPS) is 17.5. The third-order valence-electron chi connectivity index (χ3n) is 3.62. The Morgan fingerprint density at radius 3 is 2.67 bits per heavy atom. The largest absolute Gasteiger partial charge is 0.480 e. The first-order valence-electron chi connectivity index (χ1n) is 6.47. The minimum Gasteiger partial charge on any atom is -0.480 e. The molecule has 0 aliphatic carbocycles. The number of amides is 1. The summed E-state index contributed by atoms with van der Waals surface area (Å²) in [6, 6.07) is 4.93. The number of nitrogens with one attached hydrogen (secondary N) is 1. The number of carboxylic acid groups (broad SMARTS) is 1. The highest BCUT2D eigenvalue weighted by molar-refractivity contribution is 7.00. The Kier molecular flexibility index (Phi) is 3.56. The number of nitrogens with zero attached hydrogens (tertiary/aromatic N) is 2. The summed E-state index contributed by atoms with van der Waals surface area (Å²) in [5, 5.41) is 12.1. The highest BCUT2D eigenvalue weighted by atomic mass is 32.1. The van der Waals surface area contributed by atoms with Crippen LogP contribution in [-0.2, 0) is 9.53 Å². The van der Waals surface area contributed by atoms with Gasteiger partial charge in [0.15, 0.2) is 0 Å². The van der Waals surface area contributed by atoms with E-state index in [0.29, 0.717) is 24.3 Å². The second-order valence-electron chi connectivity index (χ2n) is 4.92. The molecular formula is C13H13N3O4S. The summed E-state index contributed by atoms with van der Waals surface area (Å²) in [6.45, 7) is 0.642. The molecule has 7 nitrogen and oxygen atoms in total. The summed E-state index contributed by atoms with van der Waals surface area (Å²) in [7, 11) is 0. The Morgan fingerprint density at radius 1 is 1.24 bits per heavy atom. The molecule has 3 rings (SSSR count). The van der Waals surface area contributed by atoms with Crippen LogP contribution in [0.15, 0.2) is 18.2 Å². The zero-order chi connectivity index (χ0) is 14.9. The minimum absolute atomic E-state index is 0.259. The second-order valence-corrected chi connectivity index (χ2v) is 5.45. The molecule has 0 unspecified atom stereocenters. The molecule has 2 N–H and O–H groups in total. The quantitative estimate of drug-likeness (QED) is 0.879. The van der Waals surface area contributed by atoms with Gasteiger partial charge >= 0.3 is 5.97 Å². The van der Waals surface area contributed by atoms with Crippen molar-refractivity contribution >= 4 is 34.6 Å². The van der Waals surface area contributed by atoms with Crippen LogP contribution in [0.3, 0.4) is 0 Å². The molecule has 2 aromatic rings. The van der Waals surface area contributed by atoms with Crippen LogP contribution in [0.2, 0.25) is 0 Å². The molecule has 0 saturated carbocycles. The van der Waals surface area contributed by atoms with Crippen molar-refractivity contribution in [1.82, 2.24) is 14.1 Å². The van der Waals surface area contributed by atoms with E-state index in [4.69, 9.17) is 4.74 Å². The molecule has 1 aromatic carbocycles. The maximum absolute atomic E-state index is 12.3. The minimum atomic E-state index is -1.26. The summed E-state index contributed by atoms with van der Waals surface area (Å²) in [6.07, 6.45) is 0.517. The molecular weight excluding hydrogens is 294 g/mol. The van der Waals surface area contributed by atoms with Gasteiger partial charge in [-0.15, -0.1) is 0 Å². The van der Waals surface area contributed by atoms with Gasteiger partial charge in [0, 0.05) is 31.6 Å². The van der Waals surface area contributed by atoms with Crippen LogP contribution in [-0.4, -0.2) is 44.5 Å². The van der Waals surface area contributed by atoms with E-state index in [9.17, 15) is 14.7 Å². The summed E-state index contributed by atoms with van der Waals surface area (Å²) >= 11 is 1.07. The number of carbonyl (C=O) groups is 2. The van der Waals surface area contributed by atoms with E-state index >= 15 is 0 Å². The molecule has 8 heteroatoms. The highest BCUT2D eigenvalue weighted by Crippen LogP contribution is 2.22. The average molecular weight is 307 g/mol. The van der Waals surface area contributed by atoms with E-state index in [1.54, 1.807) is 18.2 Å². The number of fused-ring (bicyclic) bond motifs is 1. The molecule has 1 amide bonds. The van der Waals surface area contributed by atoms with Crippen molar-refractivity contribution in [2.45, 2.75) is 18.4 Å². The molecule has 1 saturated heterocycles. The SMILES string of the molecule is O=C(NC1(C(=O)O)CCOCC1)c1ccc2nsnc2c1. The van der Waals surface area contributed by atoms with Crippen molar-refractivity contribution in [3.05, 3.63) is 23.8 Å². The van der Waals surface area contributed by atoms with Crippen LogP contribution in [0.5, 0.6) is 0 Å². The van der Waals surface area contributed by atoms with Crippen molar-refractivity contribution < 1.29 is 19.4 Å². The van der Waals surface area contributed by atoms with Crippen LogP contribution >= 0.6 is 11.7 Å². The van der Waals surface area contributed by atoms with E-state index in [1.165, 1.54) is 0 Å². The van der Waals surface area contributed by atoms with Gasteiger partial charge in [-0.05, 0) is 18.2 Å². The maximum atomic E-state index is 12.3. The number of aromatic nitrogens is 2. The molecule has 0 radical (unpaired) electrons. The lowest BCUT2D eigenvalue weighted by atomic mass is 9.89. The molecule has 1 aromatic heterocycles. The third-order valence-corrected chi connectivity index (χ3v) is 4.18. The predicted molar refractivity (Wildman–Crippen MR) is 75.3 cm³/mol. The Balaban J connectivity index is 1.85. The van der Waals surface area contributed by atoms with Gasteiger partial charge in [-0.2, -0.15) is 8.75 Å². The van der Waals surface area contributed by atoms with Crippen molar-refractivity contribution in [3.63, 3.8) is 0 Å². The van der Waals surface area contributed by atoms with Gasteiger partial charge in [-0.3, -0.25) is 4.79 Å². The van der Waals surface area contributed by atoms with Crippen molar-refractivity contribution in [1.29, 1.82) is 0 Å². The van der Waals surface area contributed by atoms with Crippen LogP contribution in [0, 0.1) is 0 Å². The van der Waals surface area contributed by atoms with E-state index in [0.717, 1.165) is 17.2 Å². The number of hydrogen-bond donors (Lipinski definition) is 2. The lowest BCUT2D eigenvalue weighted by Crippen LogP contribution is -2.57. The predicted octanol–water partition coefficient (Wildman–Crippen LogP) is 1.05. The van der Waals surface area contributed by atoms with Gasteiger partial charge in [0.2, 0.25) is 0 Å². The molecule has 1 aliphatic heterocycles. The fraction of sp³-hybridized carbons (Fsp3) is 0.385. The van der Waals surface area contributed by atoms with Gasteiger partial charge in [-0.25, -0.2) is 4.79 Å². The summed E-state index contributed by atoms with van der Waals surface area (Å²) in [5.74, 6) is -1.45. The van der Waals surface area contributed by atoms with Gasteiger partial charge in [0.25, 0.3) is 5.91 Å². The highest BCUT2D eigenvalue weighted by Gasteiger charge is 2.41. The summed E-state index contributed by atoms with van der Waals surface area (Å²) < 4.78 is 13.3. The molecule has 1 aliphatic rings. The number of ether oxygens (including phenoxy) is 1. The Hall–Kier alpha value is -2.06. The van der Waals surface area contributed by atoms with E-state index in [-0.39, 0.29) is 12.8 Å². The van der Waals surface area contributed by atoms with Crippen molar-refractivity contribution in [3.8, 4) is 0 Å². The lowest BCUT2D eigenvalue weighted by Gasteiger charge is -2.33. The molecule has 21 heavy (non-hydrogen) atoms. The number of rotatable bonds is 3. The molecule has 0 bridgehead atoms. The molecule has 0 spiro atoms. The van der Waals surface area contributed by atoms with E-state index in [2.05, 4.69) is 14.1 Å². The molecule has 2 heterocycles. The van der Waals surface area contributed by atoms with Crippen LogP contribution < -0.4 is 5.32 Å². The average Bonchev–Trinajstić information content (AvgIpc) is 2.95. The first kappa shape index (κ1) is 13.9. The van der Waals surface area contributed by atoms with E-state index in [1.807, 2.05) is 0 Å². The number of carboxylic acids is 1. The fourth-order valence-corrected chi connectivity index (χ4v) is 2.84. The van der Waals surface area contributed by atoms with Gasteiger partial charge in [0.1, 0.15) is 16.6 Å². The smallest absolute Gasteiger partial charge is 0.329 e. The number of aliphatic carboxylic acids is 1. The Labute approximate surface area is 124 Å². The standard InChI is InChI=1S/C13H13N3O4S/c17-11(8-1-2-9-10(7-8)16-21-15-9)14-13(12(18)19)3-5-20-6-4-13/h1-2,7H,3-6H2,(H,14,17)(H,18,19).